The predicted molar refractivity (Wildman–Crippen MR) is 163 cm³/mol. The third-order valence-electron chi connectivity index (χ3n) is 6.25. The van der Waals surface area contributed by atoms with Crippen LogP contribution in [0.4, 0.5) is 0 Å². The van der Waals surface area contributed by atoms with E-state index in [9.17, 15) is 13.2 Å². The Kier molecular flexibility index (Phi) is 10.9. The topological polar surface area (TPSA) is 102 Å². The number of hydrogen-bond acceptors (Lipinski definition) is 7. The third kappa shape index (κ3) is 10.3. The second kappa shape index (κ2) is 15.0. The number of carboxylic acids is 1. The highest BCUT2D eigenvalue weighted by Gasteiger charge is 2.08. The molecule has 0 aliphatic carbocycles. The van der Waals surface area contributed by atoms with Crippen LogP contribution in [0.15, 0.2) is 65.6 Å². The van der Waals surface area contributed by atoms with Crippen molar-refractivity contribution in [2.75, 3.05) is 52.3 Å². The molecular weight excluding hydrogens is 566 g/mol. The smallest absolute Gasteiger partial charge is 0.341 e. The van der Waals surface area contributed by atoms with Crippen molar-refractivity contribution in [3.63, 3.8) is 0 Å². The monoisotopic (exact) mass is 597 g/mol. The molecule has 0 radical (unpaired) electrons. The average molecular weight is 598 g/mol. The molecule has 220 valence electrons. The van der Waals surface area contributed by atoms with Crippen molar-refractivity contribution in [1.29, 1.82) is 0 Å². The average Bonchev–Trinajstić information content (AvgIpc) is 2.98. The second-order valence-electron chi connectivity index (χ2n) is 9.74. The molecule has 3 aromatic rings. The Balaban J connectivity index is 1.50. The first-order valence-electron chi connectivity index (χ1n) is 13.5. The van der Waals surface area contributed by atoms with Crippen LogP contribution in [0.5, 0.6) is 11.5 Å². The maximum Gasteiger partial charge on any atom is 0.341 e. The van der Waals surface area contributed by atoms with E-state index >= 15 is 0 Å². The van der Waals surface area contributed by atoms with Crippen LogP contribution in [0.2, 0.25) is 0 Å². The molecule has 0 atom stereocenters. The van der Waals surface area contributed by atoms with Gasteiger partial charge in [-0.05, 0) is 73.2 Å². The first kappa shape index (κ1) is 31.2. The van der Waals surface area contributed by atoms with Gasteiger partial charge in [0.25, 0.3) is 0 Å². The van der Waals surface area contributed by atoms with Gasteiger partial charge >= 0.3 is 5.97 Å². The lowest BCUT2D eigenvalue weighted by atomic mass is 10.1. The molecule has 1 saturated heterocycles. The highest BCUT2D eigenvalue weighted by atomic mass is 32.2. The Labute approximate surface area is 252 Å². The molecule has 9 heteroatoms. The maximum absolute atomic E-state index is 11.7. The van der Waals surface area contributed by atoms with Gasteiger partial charge in [0.15, 0.2) is 16.4 Å². The molecule has 43 heavy (non-hydrogen) atoms. The highest BCUT2D eigenvalue weighted by Crippen LogP contribution is 2.23. The third-order valence-corrected chi connectivity index (χ3v) is 7.38. The molecule has 1 aliphatic heterocycles. The van der Waals surface area contributed by atoms with Gasteiger partial charge in [0, 0.05) is 41.6 Å². The van der Waals surface area contributed by atoms with Gasteiger partial charge in [0.05, 0.1) is 24.7 Å². The molecule has 0 saturated carbocycles. The minimum Gasteiger partial charge on any atom is -0.482 e. The molecule has 1 aliphatic rings. The summed E-state index contributed by atoms with van der Waals surface area (Å²) in [6.07, 6.45) is 1.17. The molecule has 0 amide bonds. The SMILES string of the molecule is Cc1cc(OCC#Cc2cc(C#CCN3CCOCC3)cc(C#Cc3ccc(S(C)(=O)=O)cc3)c2)ccc1OCC(=O)O. The molecule has 4 rings (SSSR count). The number of nitrogens with zero attached hydrogens (tertiary/aromatic N) is 1. The van der Waals surface area contributed by atoms with E-state index < -0.39 is 22.4 Å². The second-order valence-corrected chi connectivity index (χ2v) is 11.8. The van der Waals surface area contributed by atoms with Gasteiger partial charge in [0.2, 0.25) is 0 Å². The Bertz CT molecular complexity index is 1760. The number of sulfone groups is 1. The number of carboxylic acid groups (broad SMARTS) is 1. The van der Waals surface area contributed by atoms with Gasteiger partial charge in [-0.25, -0.2) is 13.2 Å². The van der Waals surface area contributed by atoms with Crippen LogP contribution in [0, 0.1) is 42.4 Å². The molecule has 0 spiro atoms. The fourth-order valence-corrected chi connectivity index (χ4v) is 4.69. The summed E-state index contributed by atoms with van der Waals surface area (Å²) >= 11 is 0. The number of carbonyl (C=O) groups is 1. The van der Waals surface area contributed by atoms with Gasteiger partial charge in [-0.2, -0.15) is 0 Å². The summed E-state index contributed by atoms with van der Waals surface area (Å²) in [7, 11) is -3.28. The fraction of sp³-hybridized carbons (Fsp3) is 0.265. The largest absolute Gasteiger partial charge is 0.482 e. The molecule has 0 aromatic heterocycles. The number of aliphatic carboxylic acids is 1. The van der Waals surface area contributed by atoms with Gasteiger partial charge in [-0.1, -0.05) is 35.5 Å². The first-order valence-corrected chi connectivity index (χ1v) is 15.4. The first-order chi connectivity index (χ1) is 20.7. The quantitative estimate of drug-likeness (QED) is 0.414. The lowest BCUT2D eigenvalue weighted by Gasteiger charge is -2.24. The summed E-state index contributed by atoms with van der Waals surface area (Å²) in [5.41, 5.74) is 3.68. The van der Waals surface area contributed by atoms with E-state index in [0.717, 1.165) is 35.3 Å². The summed E-state index contributed by atoms with van der Waals surface area (Å²) in [6.45, 7) is 5.30. The highest BCUT2D eigenvalue weighted by molar-refractivity contribution is 7.90. The summed E-state index contributed by atoms with van der Waals surface area (Å²) in [4.78, 5) is 13.2. The standard InChI is InChI=1S/C34H31NO7S/c1-26-21-31(11-14-33(26)42-25-34(36)37)41-18-4-6-29-22-28(5-3-15-35-16-19-40-20-17-35)23-30(24-29)8-7-27-9-12-32(13-10-27)43(2,38)39/h9-14,21-24H,15-20,25H2,1-2H3,(H,36,37). The lowest BCUT2D eigenvalue weighted by Crippen LogP contribution is -2.36. The normalized spacial score (nSPS) is 12.9. The Hall–Kier alpha value is -4.72. The van der Waals surface area contributed by atoms with Crippen LogP contribution in [0.1, 0.15) is 27.8 Å². The Morgan fingerprint density at radius 2 is 1.49 bits per heavy atom. The summed E-state index contributed by atoms with van der Waals surface area (Å²) in [6, 6.07) is 17.3. The van der Waals surface area contributed by atoms with Gasteiger partial charge < -0.3 is 19.3 Å². The van der Waals surface area contributed by atoms with Crippen LogP contribution in [0.25, 0.3) is 0 Å². The van der Waals surface area contributed by atoms with E-state index in [1.165, 1.54) is 6.26 Å². The lowest BCUT2D eigenvalue weighted by molar-refractivity contribution is -0.139. The molecule has 1 fully saturated rings. The number of rotatable bonds is 7. The molecular formula is C34H31NO7S. The Morgan fingerprint density at radius 3 is 2.12 bits per heavy atom. The van der Waals surface area contributed by atoms with Crippen molar-refractivity contribution in [3.8, 4) is 47.0 Å². The minimum atomic E-state index is -3.28. The fourth-order valence-electron chi connectivity index (χ4n) is 4.06. The van der Waals surface area contributed by atoms with E-state index in [4.69, 9.17) is 19.3 Å². The zero-order valence-electron chi connectivity index (χ0n) is 24.0. The summed E-state index contributed by atoms with van der Waals surface area (Å²) in [5.74, 6) is 18.9. The molecule has 1 heterocycles. The molecule has 8 nitrogen and oxygen atoms in total. The van der Waals surface area contributed by atoms with Gasteiger partial charge in [-0.15, -0.1) is 0 Å². The number of ether oxygens (including phenoxy) is 3. The van der Waals surface area contributed by atoms with Gasteiger partial charge in [-0.3, -0.25) is 4.90 Å². The van der Waals surface area contributed by atoms with E-state index in [0.29, 0.717) is 36.8 Å². The summed E-state index contributed by atoms with van der Waals surface area (Å²) in [5, 5.41) is 8.80. The summed E-state index contributed by atoms with van der Waals surface area (Å²) < 4.78 is 39.9. The van der Waals surface area contributed by atoms with E-state index in [1.54, 1.807) is 42.5 Å². The van der Waals surface area contributed by atoms with Crippen LogP contribution in [0.3, 0.4) is 0 Å². The van der Waals surface area contributed by atoms with Crippen molar-refractivity contribution >= 4 is 15.8 Å². The van der Waals surface area contributed by atoms with Crippen molar-refractivity contribution in [1.82, 2.24) is 4.90 Å². The zero-order valence-corrected chi connectivity index (χ0v) is 24.8. The molecule has 0 bridgehead atoms. The van der Waals surface area contributed by atoms with Crippen molar-refractivity contribution in [2.45, 2.75) is 11.8 Å². The number of aryl methyl sites for hydroxylation is 1. The van der Waals surface area contributed by atoms with Crippen molar-refractivity contribution in [2.24, 2.45) is 0 Å². The zero-order chi connectivity index (χ0) is 30.7. The number of hydrogen-bond donors (Lipinski definition) is 1. The predicted octanol–water partition coefficient (Wildman–Crippen LogP) is 3.38. The number of morpholine rings is 1. The van der Waals surface area contributed by atoms with Gasteiger partial charge in [0.1, 0.15) is 18.1 Å². The van der Waals surface area contributed by atoms with Crippen molar-refractivity contribution in [3.05, 3.63) is 88.5 Å². The van der Waals surface area contributed by atoms with E-state index in [1.807, 2.05) is 25.1 Å². The maximum atomic E-state index is 11.7. The minimum absolute atomic E-state index is 0.134. The molecule has 0 unspecified atom stereocenters. The van der Waals surface area contributed by atoms with Crippen LogP contribution < -0.4 is 9.47 Å². The van der Waals surface area contributed by atoms with Crippen LogP contribution in [-0.4, -0.2) is 76.7 Å². The van der Waals surface area contributed by atoms with E-state index in [-0.39, 0.29) is 11.5 Å². The molecule has 1 N–H and O–H groups in total. The molecule has 3 aromatic carbocycles. The Morgan fingerprint density at radius 1 is 0.860 bits per heavy atom. The number of benzene rings is 3. The van der Waals surface area contributed by atoms with Crippen LogP contribution >= 0.6 is 0 Å². The van der Waals surface area contributed by atoms with E-state index in [2.05, 4.69) is 40.4 Å². The van der Waals surface area contributed by atoms with Crippen molar-refractivity contribution < 1.29 is 32.5 Å². The van der Waals surface area contributed by atoms with Crippen LogP contribution in [-0.2, 0) is 19.4 Å².